The van der Waals surface area contributed by atoms with Crippen molar-refractivity contribution in [3.8, 4) is 5.75 Å². The van der Waals surface area contributed by atoms with Gasteiger partial charge in [0.25, 0.3) is 5.91 Å². The molecule has 0 spiro atoms. The lowest BCUT2D eigenvalue weighted by atomic mass is 10.1. The van der Waals surface area contributed by atoms with E-state index in [9.17, 15) is 9.90 Å². The van der Waals surface area contributed by atoms with Gasteiger partial charge in [0.05, 0.1) is 16.6 Å². The molecule has 0 aliphatic carbocycles. The monoisotopic (exact) mass is 290 g/mol. The van der Waals surface area contributed by atoms with E-state index in [0.717, 1.165) is 5.56 Å². The number of nitrogen functional groups attached to an aromatic ring is 1. The van der Waals surface area contributed by atoms with Crippen LogP contribution >= 0.6 is 11.6 Å². The second kappa shape index (κ2) is 5.84. The summed E-state index contributed by atoms with van der Waals surface area (Å²) in [5.41, 5.74) is 7.47. The van der Waals surface area contributed by atoms with Gasteiger partial charge >= 0.3 is 0 Å². The number of carbonyl (C=O) groups is 1. The number of phenolic OH excluding ortho intramolecular Hbond substituents is 1. The van der Waals surface area contributed by atoms with E-state index in [2.05, 4.69) is 5.32 Å². The normalized spacial score (nSPS) is 11.9. The molecule has 1 atom stereocenters. The third-order valence-corrected chi connectivity index (χ3v) is 3.31. The molecule has 4 N–H and O–H groups in total. The summed E-state index contributed by atoms with van der Waals surface area (Å²) in [6, 6.07) is 11.3. The molecule has 2 rings (SSSR count). The van der Waals surface area contributed by atoms with E-state index in [4.69, 9.17) is 17.3 Å². The summed E-state index contributed by atoms with van der Waals surface area (Å²) in [5, 5.41) is 12.5. The molecule has 0 fully saturated rings. The van der Waals surface area contributed by atoms with E-state index in [0.29, 0.717) is 10.7 Å². The van der Waals surface area contributed by atoms with Crippen LogP contribution in [-0.2, 0) is 0 Å². The van der Waals surface area contributed by atoms with Crippen molar-refractivity contribution in [1.82, 2.24) is 5.32 Å². The van der Waals surface area contributed by atoms with Crippen LogP contribution in [0.3, 0.4) is 0 Å². The molecule has 2 aromatic carbocycles. The number of benzene rings is 2. The average molecular weight is 291 g/mol. The molecule has 0 aliphatic rings. The highest BCUT2D eigenvalue weighted by molar-refractivity contribution is 6.33. The Labute approximate surface area is 122 Å². The quantitative estimate of drug-likeness (QED) is 0.760. The van der Waals surface area contributed by atoms with Gasteiger partial charge in [0, 0.05) is 5.69 Å². The zero-order valence-corrected chi connectivity index (χ0v) is 11.7. The number of halogens is 1. The molecule has 0 aliphatic heterocycles. The maximum atomic E-state index is 12.1. The van der Waals surface area contributed by atoms with Crippen LogP contribution in [0, 0.1) is 0 Å². The largest absolute Gasteiger partial charge is 0.508 e. The first-order chi connectivity index (χ1) is 9.47. The molecular weight excluding hydrogens is 276 g/mol. The van der Waals surface area contributed by atoms with Crippen LogP contribution in [0.4, 0.5) is 5.69 Å². The number of phenols is 1. The summed E-state index contributed by atoms with van der Waals surface area (Å²) >= 11 is 5.95. The SMILES string of the molecule is CC(NC(=O)c1cc(O)ccc1Cl)c1ccc(N)cc1. The Morgan fingerprint density at radius 2 is 1.90 bits per heavy atom. The van der Waals surface area contributed by atoms with Gasteiger partial charge in [-0.1, -0.05) is 23.7 Å². The number of nitrogens with two attached hydrogens (primary N) is 1. The third-order valence-electron chi connectivity index (χ3n) is 2.98. The molecule has 0 saturated heterocycles. The van der Waals surface area contributed by atoms with Gasteiger partial charge in [-0.2, -0.15) is 0 Å². The van der Waals surface area contributed by atoms with Crippen molar-refractivity contribution in [1.29, 1.82) is 0 Å². The molecule has 4 nitrogen and oxygen atoms in total. The smallest absolute Gasteiger partial charge is 0.253 e. The maximum Gasteiger partial charge on any atom is 0.253 e. The molecule has 1 unspecified atom stereocenters. The molecule has 20 heavy (non-hydrogen) atoms. The van der Waals surface area contributed by atoms with Gasteiger partial charge in [0.2, 0.25) is 0 Å². The highest BCUT2D eigenvalue weighted by atomic mass is 35.5. The minimum atomic E-state index is -0.338. The van der Waals surface area contributed by atoms with E-state index in [-0.39, 0.29) is 23.3 Å². The Kier molecular flexibility index (Phi) is 4.15. The number of anilines is 1. The number of hydrogen-bond acceptors (Lipinski definition) is 3. The summed E-state index contributed by atoms with van der Waals surface area (Å²) in [4.78, 5) is 12.1. The van der Waals surface area contributed by atoms with Gasteiger partial charge in [-0.15, -0.1) is 0 Å². The first-order valence-electron chi connectivity index (χ1n) is 6.12. The van der Waals surface area contributed by atoms with Crippen molar-refractivity contribution in [2.45, 2.75) is 13.0 Å². The molecule has 104 valence electrons. The van der Waals surface area contributed by atoms with Crippen molar-refractivity contribution in [3.63, 3.8) is 0 Å². The van der Waals surface area contributed by atoms with Crippen LogP contribution in [0.15, 0.2) is 42.5 Å². The summed E-state index contributed by atoms with van der Waals surface area (Å²) in [6.07, 6.45) is 0. The van der Waals surface area contributed by atoms with E-state index >= 15 is 0 Å². The van der Waals surface area contributed by atoms with E-state index in [1.807, 2.05) is 19.1 Å². The van der Waals surface area contributed by atoms with Crippen LogP contribution in [0.1, 0.15) is 28.9 Å². The molecule has 0 saturated carbocycles. The number of hydrogen-bond donors (Lipinski definition) is 3. The van der Waals surface area contributed by atoms with E-state index in [1.54, 1.807) is 12.1 Å². The lowest BCUT2D eigenvalue weighted by Crippen LogP contribution is -2.26. The highest BCUT2D eigenvalue weighted by Crippen LogP contribution is 2.22. The van der Waals surface area contributed by atoms with Gasteiger partial charge in [-0.3, -0.25) is 4.79 Å². The molecule has 5 heteroatoms. The maximum absolute atomic E-state index is 12.1. The van der Waals surface area contributed by atoms with Crippen molar-refractivity contribution >= 4 is 23.2 Å². The summed E-state index contributed by atoms with van der Waals surface area (Å²) in [5.74, 6) is -0.338. The Morgan fingerprint density at radius 3 is 2.55 bits per heavy atom. The molecular formula is C15H15ClN2O2. The van der Waals surface area contributed by atoms with Crippen molar-refractivity contribution in [3.05, 3.63) is 58.6 Å². The van der Waals surface area contributed by atoms with Gasteiger partial charge in [-0.05, 0) is 42.8 Å². The molecule has 0 heterocycles. The van der Waals surface area contributed by atoms with Gasteiger partial charge in [-0.25, -0.2) is 0 Å². The van der Waals surface area contributed by atoms with Crippen LogP contribution in [0.25, 0.3) is 0 Å². The number of nitrogens with one attached hydrogen (secondary N) is 1. The standard InChI is InChI=1S/C15H15ClN2O2/c1-9(10-2-4-11(17)5-3-10)18-15(20)13-8-12(19)6-7-14(13)16/h2-9,19H,17H2,1H3,(H,18,20). The molecule has 0 radical (unpaired) electrons. The summed E-state index contributed by atoms with van der Waals surface area (Å²) < 4.78 is 0. The third kappa shape index (κ3) is 3.22. The van der Waals surface area contributed by atoms with E-state index in [1.165, 1.54) is 18.2 Å². The number of carbonyl (C=O) groups excluding carboxylic acids is 1. The Bertz CT molecular complexity index is 626. The predicted molar refractivity (Wildman–Crippen MR) is 79.9 cm³/mol. The van der Waals surface area contributed by atoms with Crippen LogP contribution in [0.5, 0.6) is 5.75 Å². The fraction of sp³-hybridized carbons (Fsp3) is 0.133. The second-order valence-electron chi connectivity index (χ2n) is 4.53. The predicted octanol–water partition coefficient (Wildman–Crippen LogP) is 3.12. The van der Waals surface area contributed by atoms with Crippen LogP contribution in [0.2, 0.25) is 5.02 Å². The second-order valence-corrected chi connectivity index (χ2v) is 4.93. The lowest BCUT2D eigenvalue weighted by Gasteiger charge is -2.15. The van der Waals surface area contributed by atoms with Gasteiger partial charge in [0.15, 0.2) is 0 Å². The van der Waals surface area contributed by atoms with Crippen LogP contribution < -0.4 is 11.1 Å². The average Bonchev–Trinajstić information content (AvgIpc) is 2.42. The van der Waals surface area contributed by atoms with Crippen LogP contribution in [-0.4, -0.2) is 11.0 Å². The number of aromatic hydroxyl groups is 1. The first-order valence-corrected chi connectivity index (χ1v) is 6.50. The Balaban J connectivity index is 2.15. The fourth-order valence-corrected chi connectivity index (χ4v) is 2.03. The van der Waals surface area contributed by atoms with Gasteiger partial charge in [0.1, 0.15) is 5.75 Å². The van der Waals surface area contributed by atoms with E-state index < -0.39 is 0 Å². The van der Waals surface area contributed by atoms with Crippen molar-refractivity contribution < 1.29 is 9.90 Å². The zero-order chi connectivity index (χ0) is 14.7. The number of rotatable bonds is 3. The van der Waals surface area contributed by atoms with Crippen molar-refractivity contribution in [2.75, 3.05) is 5.73 Å². The molecule has 1 amide bonds. The molecule has 0 bridgehead atoms. The topological polar surface area (TPSA) is 75.3 Å². The first kappa shape index (κ1) is 14.2. The Hall–Kier alpha value is -2.20. The lowest BCUT2D eigenvalue weighted by molar-refractivity contribution is 0.0939. The molecule has 2 aromatic rings. The summed E-state index contributed by atoms with van der Waals surface area (Å²) in [7, 11) is 0. The fourth-order valence-electron chi connectivity index (χ4n) is 1.83. The highest BCUT2D eigenvalue weighted by Gasteiger charge is 2.14. The van der Waals surface area contributed by atoms with Crippen molar-refractivity contribution in [2.24, 2.45) is 0 Å². The molecule has 0 aromatic heterocycles. The summed E-state index contributed by atoms with van der Waals surface area (Å²) in [6.45, 7) is 1.86. The Morgan fingerprint density at radius 1 is 1.25 bits per heavy atom. The minimum Gasteiger partial charge on any atom is -0.508 e. The zero-order valence-electron chi connectivity index (χ0n) is 10.9. The minimum absolute atomic E-state index is 0.000289. The van der Waals surface area contributed by atoms with Gasteiger partial charge < -0.3 is 16.2 Å². The number of amides is 1.